The van der Waals surface area contributed by atoms with Gasteiger partial charge in [-0.15, -0.1) is 11.3 Å². The molecule has 0 aliphatic carbocycles. The van der Waals surface area contributed by atoms with E-state index < -0.39 is 0 Å². The van der Waals surface area contributed by atoms with E-state index in [1.165, 1.54) is 4.88 Å². The fraction of sp³-hybridized carbons (Fsp3) is 0.455. The van der Waals surface area contributed by atoms with Crippen LogP contribution in [-0.4, -0.2) is 23.1 Å². The second-order valence-electron chi connectivity index (χ2n) is 3.92. The molecule has 84 valence electrons. The van der Waals surface area contributed by atoms with Crippen LogP contribution in [0.2, 0.25) is 0 Å². The third kappa shape index (κ3) is 1.66. The summed E-state index contributed by atoms with van der Waals surface area (Å²) >= 11 is 1.70. The molecule has 0 atom stereocenters. The third-order valence-corrected chi connectivity index (χ3v) is 3.63. The number of aromatic nitrogens is 2. The van der Waals surface area contributed by atoms with Crippen LogP contribution in [0.3, 0.4) is 0 Å². The van der Waals surface area contributed by atoms with Crippen LogP contribution in [0, 0.1) is 6.92 Å². The van der Waals surface area contributed by atoms with Crippen LogP contribution in [0.5, 0.6) is 0 Å². The highest BCUT2D eigenvalue weighted by Crippen LogP contribution is 2.30. The zero-order valence-electron chi connectivity index (χ0n) is 9.14. The normalized spacial score (nSPS) is 16.9. The molecule has 0 unspecified atom stereocenters. The molecule has 0 saturated carbocycles. The van der Waals surface area contributed by atoms with Gasteiger partial charge in [0.1, 0.15) is 11.2 Å². The first-order chi connectivity index (χ1) is 7.84. The molecule has 3 rings (SSSR count). The zero-order chi connectivity index (χ0) is 11.0. The first-order valence-electron chi connectivity index (χ1n) is 5.46. The van der Waals surface area contributed by atoms with Crippen molar-refractivity contribution in [2.75, 3.05) is 18.2 Å². The molecule has 1 aliphatic heterocycles. The summed E-state index contributed by atoms with van der Waals surface area (Å²) in [5, 5.41) is 3.01. The Hall–Kier alpha value is -1.20. The van der Waals surface area contributed by atoms with Crippen LogP contribution in [0.1, 0.15) is 17.7 Å². The van der Waals surface area contributed by atoms with E-state index in [1.807, 2.05) is 5.06 Å². The minimum atomic E-state index is 0.786. The van der Waals surface area contributed by atoms with Gasteiger partial charge in [0, 0.05) is 11.4 Å². The maximum Gasteiger partial charge on any atom is 0.164 e. The Morgan fingerprint density at radius 3 is 3.12 bits per heavy atom. The quantitative estimate of drug-likeness (QED) is 0.761. The largest absolute Gasteiger partial charge is 0.272 e. The summed E-state index contributed by atoms with van der Waals surface area (Å²) in [6, 6.07) is 2.13. The summed E-state index contributed by atoms with van der Waals surface area (Å²) in [4.78, 5) is 16.5. The summed E-state index contributed by atoms with van der Waals surface area (Å²) in [5.74, 6) is 0.911. The van der Waals surface area contributed by atoms with Gasteiger partial charge in [-0.1, -0.05) is 0 Å². The number of hydrogen-bond donors (Lipinski definition) is 0. The van der Waals surface area contributed by atoms with Gasteiger partial charge in [-0.3, -0.25) is 4.84 Å². The van der Waals surface area contributed by atoms with Gasteiger partial charge in [0.2, 0.25) is 0 Å². The van der Waals surface area contributed by atoms with E-state index >= 15 is 0 Å². The molecule has 4 nitrogen and oxygen atoms in total. The Morgan fingerprint density at radius 2 is 2.31 bits per heavy atom. The molecule has 0 bridgehead atoms. The van der Waals surface area contributed by atoms with Crippen molar-refractivity contribution < 1.29 is 4.84 Å². The standard InChI is InChI=1S/C11H13N3OS/c1-8-6-9-10(12-7-13-11(9)16-8)14-4-2-3-5-15-14/h6-7H,2-5H2,1H3. The monoisotopic (exact) mass is 235 g/mol. The van der Waals surface area contributed by atoms with Gasteiger partial charge >= 0.3 is 0 Å². The van der Waals surface area contributed by atoms with Crippen LogP contribution in [0.15, 0.2) is 12.4 Å². The lowest BCUT2D eigenvalue weighted by Crippen LogP contribution is -2.30. The van der Waals surface area contributed by atoms with Crippen LogP contribution in [-0.2, 0) is 4.84 Å². The van der Waals surface area contributed by atoms with Crippen molar-refractivity contribution in [3.05, 3.63) is 17.3 Å². The fourth-order valence-corrected chi connectivity index (χ4v) is 2.77. The second-order valence-corrected chi connectivity index (χ2v) is 5.15. The molecule has 5 heteroatoms. The SMILES string of the molecule is Cc1cc2c(N3CCCCO3)ncnc2s1. The van der Waals surface area contributed by atoms with Gasteiger partial charge in [-0.2, -0.15) is 0 Å². The van der Waals surface area contributed by atoms with E-state index in [0.29, 0.717) is 0 Å². The molecule has 0 aromatic carbocycles. The van der Waals surface area contributed by atoms with Crippen LogP contribution in [0.25, 0.3) is 10.2 Å². The van der Waals surface area contributed by atoms with E-state index in [0.717, 1.165) is 42.0 Å². The van der Waals surface area contributed by atoms with Crippen LogP contribution in [0.4, 0.5) is 5.82 Å². The number of aryl methyl sites for hydroxylation is 1. The van der Waals surface area contributed by atoms with Gasteiger partial charge in [0.15, 0.2) is 5.82 Å². The van der Waals surface area contributed by atoms with E-state index in [-0.39, 0.29) is 0 Å². The van der Waals surface area contributed by atoms with Crippen molar-refractivity contribution in [3.63, 3.8) is 0 Å². The Kier molecular flexibility index (Phi) is 2.49. The minimum Gasteiger partial charge on any atom is -0.272 e. The van der Waals surface area contributed by atoms with Gasteiger partial charge in [-0.05, 0) is 25.8 Å². The average molecular weight is 235 g/mol. The van der Waals surface area contributed by atoms with E-state index in [4.69, 9.17) is 4.84 Å². The van der Waals surface area contributed by atoms with E-state index in [1.54, 1.807) is 17.7 Å². The van der Waals surface area contributed by atoms with Crippen molar-refractivity contribution in [1.82, 2.24) is 9.97 Å². The maximum atomic E-state index is 5.63. The average Bonchev–Trinajstić information content (AvgIpc) is 2.70. The summed E-state index contributed by atoms with van der Waals surface area (Å²) in [6.07, 6.45) is 3.91. The Balaban J connectivity index is 2.07. The number of fused-ring (bicyclic) bond motifs is 1. The molecular weight excluding hydrogens is 222 g/mol. The topological polar surface area (TPSA) is 38.2 Å². The molecule has 0 amide bonds. The Bertz CT molecular complexity index is 505. The fourth-order valence-electron chi connectivity index (χ4n) is 1.93. The first kappa shape index (κ1) is 9.99. The summed E-state index contributed by atoms with van der Waals surface area (Å²) in [7, 11) is 0. The molecule has 16 heavy (non-hydrogen) atoms. The third-order valence-electron chi connectivity index (χ3n) is 2.67. The number of rotatable bonds is 1. The van der Waals surface area contributed by atoms with Crippen molar-refractivity contribution in [1.29, 1.82) is 0 Å². The van der Waals surface area contributed by atoms with Crippen molar-refractivity contribution >= 4 is 27.4 Å². The molecular formula is C11H13N3OS. The van der Waals surface area contributed by atoms with Gasteiger partial charge in [0.05, 0.1) is 12.0 Å². The molecule has 2 aromatic heterocycles. The Morgan fingerprint density at radius 1 is 1.38 bits per heavy atom. The highest BCUT2D eigenvalue weighted by Gasteiger charge is 2.17. The number of hydrogen-bond acceptors (Lipinski definition) is 5. The van der Waals surface area contributed by atoms with Crippen molar-refractivity contribution in [3.8, 4) is 0 Å². The number of hydroxylamine groups is 1. The van der Waals surface area contributed by atoms with E-state index in [2.05, 4.69) is 23.0 Å². The molecule has 0 N–H and O–H groups in total. The number of nitrogens with zero attached hydrogens (tertiary/aromatic N) is 3. The molecule has 1 aliphatic rings. The highest BCUT2D eigenvalue weighted by atomic mass is 32.1. The van der Waals surface area contributed by atoms with Gasteiger partial charge in [-0.25, -0.2) is 15.0 Å². The summed E-state index contributed by atoms with van der Waals surface area (Å²) < 4.78 is 0. The van der Waals surface area contributed by atoms with Gasteiger partial charge < -0.3 is 0 Å². The van der Waals surface area contributed by atoms with Crippen molar-refractivity contribution in [2.24, 2.45) is 0 Å². The first-order valence-corrected chi connectivity index (χ1v) is 6.28. The maximum absolute atomic E-state index is 5.63. The predicted molar refractivity (Wildman–Crippen MR) is 64.7 cm³/mol. The summed E-state index contributed by atoms with van der Waals surface area (Å²) in [6.45, 7) is 3.79. The predicted octanol–water partition coefficient (Wildman–Crippen LogP) is 2.53. The van der Waals surface area contributed by atoms with Crippen LogP contribution >= 0.6 is 11.3 Å². The zero-order valence-corrected chi connectivity index (χ0v) is 9.96. The smallest absolute Gasteiger partial charge is 0.164 e. The molecule has 3 heterocycles. The van der Waals surface area contributed by atoms with Crippen LogP contribution < -0.4 is 5.06 Å². The molecule has 0 spiro atoms. The minimum absolute atomic E-state index is 0.786. The number of thiophene rings is 1. The molecule has 0 radical (unpaired) electrons. The lowest BCUT2D eigenvalue weighted by atomic mass is 10.3. The second kappa shape index (κ2) is 3.99. The molecule has 1 fully saturated rings. The molecule has 1 saturated heterocycles. The lowest BCUT2D eigenvalue weighted by molar-refractivity contribution is 0.0767. The van der Waals surface area contributed by atoms with Crippen molar-refractivity contribution in [2.45, 2.75) is 19.8 Å². The highest BCUT2D eigenvalue weighted by molar-refractivity contribution is 7.18. The van der Waals surface area contributed by atoms with Gasteiger partial charge in [0.25, 0.3) is 0 Å². The molecule has 2 aromatic rings. The lowest BCUT2D eigenvalue weighted by Gasteiger charge is -2.26. The summed E-state index contributed by atoms with van der Waals surface area (Å²) in [5.41, 5.74) is 0. The Labute approximate surface area is 97.8 Å². The van der Waals surface area contributed by atoms with E-state index in [9.17, 15) is 0 Å². The number of anilines is 1.